The van der Waals surface area contributed by atoms with Gasteiger partial charge in [-0.1, -0.05) is 0 Å². The third-order valence-corrected chi connectivity index (χ3v) is 1.51. The molecule has 0 aliphatic rings. The Morgan fingerprint density at radius 1 is 1.55 bits per heavy atom. The maximum atomic E-state index is 10.2. The van der Waals surface area contributed by atoms with Crippen LogP contribution in [0.15, 0.2) is 16.5 Å². The van der Waals surface area contributed by atoms with E-state index in [9.17, 15) is 4.79 Å². The van der Waals surface area contributed by atoms with Gasteiger partial charge in [-0.3, -0.25) is 4.79 Å². The molecule has 0 spiro atoms. The lowest BCUT2D eigenvalue weighted by molar-refractivity contribution is -0.136. The smallest absolute Gasteiger partial charge is 0.311 e. The van der Waals surface area contributed by atoms with Crippen molar-refractivity contribution in [3.63, 3.8) is 0 Å². The maximum absolute atomic E-state index is 10.2. The summed E-state index contributed by atoms with van der Waals surface area (Å²) >= 11 is 3.97. The van der Waals surface area contributed by atoms with Crippen molar-refractivity contribution in [2.45, 2.75) is 12.2 Å². The lowest BCUT2D eigenvalue weighted by atomic mass is 10.3. The van der Waals surface area contributed by atoms with Gasteiger partial charge in [0.1, 0.15) is 17.9 Å². The van der Waals surface area contributed by atoms with Crippen LogP contribution < -0.4 is 0 Å². The molecule has 0 aliphatic heterocycles. The van der Waals surface area contributed by atoms with E-state index in [1.54, 1.807) is 12.1 Å². The van der Waals surface area contributed by atoms with E-state index in [1.807, 2.05) is 0 Å². The molecule has 60 valence electrons. The highest BCUT2D eigenvalue weighted by Gasteiger charge is 2.04. The molecule has 0 unspecified atom stereocenters. The van der Waals surface area contributed by atoms with Gasteiger partial charge in [0.2, 0.25) is 0 Å². The first-order valence-corrected chi connectivity index (χ1v) is 3.76. The first kappa shape index (κ1) is 8.20. The van der Waals surface area contributed by atoms with Crippen molar-refractivity contribution in [3.05, 3.63) is 23.7 Å². The molecule has 0 saturated heterocycles. The molecule has 4 heteroatoms. The quantitative estimate of drug-likeness (QED) is 0.676. The molecule has 3 nitrogen and oxygen atoms in total. The van der Waals surface area contributed by atoms with Gasteiger partial charge in [0.15, 0.2) is 0 Å². The Hall–Kier alpha value is -0.900. The minimum absolute atomic E-state index is 0.0617. The van der Waals surface area contributed by atoms with Crippen LogP contribution in [-0.4, -0.2) is 11.1 Å². The molecule has 1 rings (SSSR count). The van der Waals surface area contributed by atoms with E-state index in [2.05, 4.69) is 12.6 Å². The molecule has 0 aromatic carbocycles. The second-order valence-corrected chi connectivity index (χ2v) is 2.41. The Balaban J connectivity index is 2.65. The van der Waals surface area contributed by atoms with E-state index >= 15 is 0 Å². The Morgan fingerprint density at radius 2 is 2.18 bits per heavy atom. The van der Waals surface area contributed by atoms with Crippen molar-refractivity contribution in [1.82, 2.24) is 0 Å². The highest BCUT2D eigenvalue weighted by atomic mass is 32.1. The number of carboxylic acid groups (broad SMARTS) is 1. The van der Waals surface area contributed by atoms with Crippen molar-refractivity contribution in [2.75, 3.05) is 0 Å². The second kappa shape index (κ2) is 3.48. The van der Waals surface area contributed by atoms with Gasteiger partial charge in [0.25, 0.3) is 0 Å². The summed E-state index contributed by atoms with van der Waals surface area (Å²) in [5, 5.41) is 8.37. The van der Waals surface area contributed by atoms with Crippen molar-refractivity contribution in [3.8, 4) is 0 Å². The minimum Gasteiger partial charge on any atom is -0.481 e. The van der Waals surface area contributed by atoms with Gasteiger partial charge in [-0.25, -0.2) is 0 Å². The summed E-state index contributed by atoms with van der Waals surface area (Å²) in [7, 11) is 0. The Kier molecular flexibility index (Phi) is 2.59. The Labute approximate surface area is 69.4 Å². The molecule has 1 aromatic rings. The molecule has 0 radical (unpaired) electrons. The molecule has 0 fully saturated rings. The highest BCUT2D eigenvalue weighted by Crippen LogP contribution is 2.10. The molecule has 0 amide bonds. The lowest BCUT2D eigenvalue weighted by Gasteiger charge is -1.89. The predicted octanol–water partition coefficient (Wildman–Crippen LogP) is 1.34. The summed E-state index contributed by atoms with van der Waals surface area (Å²) in [4.78, 5) is 10.2. The fourth-order valence-corrected chi connectivity index (χ4v) is 0.921. The molecule has 0 aliphatic carbocycles. The first-order valence-electron chi connectivity index (χ1n) is 3.12. The number of thiol groups is 1. The van der Waals surface area contributed by atoms with Crippen molar-refractivity contribution < 1.29 is 14.3 Å². The second-order valence-electron chi connectivity index (χ2n) is 2.10. The van der Waals surface area contributed by atoms with Crippen LogP contribution in [0.2, 0.25) is 0 Å². The SMILES string of the molecule is O=C(O)Cc1ccc(CS)o1. The molecule has 0 saturated carbocycles. The number of hydrogen-bond donors (Lipinski definition) is 2. The zero-order valence-electron chi connectivity index (χ0n) is 5.78. The average Bonchev–Trinajstić information content (AvgIpc) is 2.34. The monoisotopic (exact) mass is 172 g/mol. The number of rotatable bonds is 3. The van der Waals surface area contributed by atoms with E-state index in [0.29, 0.717) is 17.3 Å². The van der Waals surface area contributed by atoms with Crippen LogP contribution in [0, 0.1) is 0 Å². The van der Waals surface area contributed by atoms with Crippen LogP contribution in [0.1, 0.15) is 11.5 Å². The van der Waals surface area contributed by atoms with E-state index in [-0.39, 0.29) is 6.42 Å². The summed E-state index contributed by atoms with van der Waals surface area (Å²) in [6.45, 7) is 0. The standard InChI is InChI=1S/C7H8O3S/c8-7(9)3-5-1-2-6(4-11)10-5/h1-2,11H,3-4H2,(H,8,9). The number of furan rings is 1. The van der Waals surface area contributed by atoms with Gasteiger partial charge in [-0.05, 0) is 12.1 Å². The van der Waals surface area contributed by atoms with Gasteiger partial charge >= 0.3 is 5.97 Å². The lowest BCUT2D eigenvalue weighted by Crippen LogP contribution is -1.97. The van der Waals surface area contributed by atoms with Crippen molar-refractivity contribution in [1.29, 1.82) is 0 Å². The van der Waals surface area contributed by atoms with Crippen LogP contribution in [0.25, 0.3) is 0 Å². The molecular formula is C7H8O3S. The summed E-state index contributed by atoms with van der Waals surface area (Å²) in [6.07, 6.45) is -0.0617. The summed E-state index contributed by atoms with van der Waals surface area (Å²) in [6, 6.07) is 3.38. The van der Waals surface area contributed by atoms with Gasteiger partial charge in [-0.2, -0.15) is 12.6 Å². The zero-order chi connectivity index (χ0) is 8.27. The van der Waals surface area contributed by atoms with Crippen LogP contribution in [-0.2, 0) is 17.0 Å². The van der Waals surface area contributed by atoms with Gasteiger partial charge in [-0.15, -0.1) is 0 Å². The molecular weight excluding hydrogens is 164 g/mol. The maximum Gasteiger partial charge on any atom is 0.311 e. The fraction of sp³-hybridized carbons (Fsp3) is 0.286. The average molecular weight is 172 g/mol. The molecule has 1 aromatic heterocycles. The minimum atomic E-state index is -0.884. The third kappa shape index (κ3) is 2.31. The zero-order valence-corrected chi connectivity index (χ0v) is 6.67. The topological polar surface area (TPSA) is 50.4 Å². The van der Waals surface area contributed by atoms with E-state index in [0.717, 1.165) is 0 Å². The van der Waals surface area contributed by atoms with E-state index < -0.39 is 5.97 Å². The van der Waals surface area contributed by atoms with Crippen LogP contribution in [0.4, 0.5) is 0 Å². The molecule has 1 heterocycles. The highest BCUT2D eigenvalue weighted by molar-refractivity contribution is 7.79. The Morgan fingerprint density at radius 3 is 2.64 bits per heavy atom. The van der Waals surface area contributed by atoms with Crippen LogP contribution in [0.3, 0.4) is 0 Å². The van der Waals surface area contributed by atoms with Crippen molar-refractivity contribution >= 4 is 18.6 Å². The number of carbonyl (C=O) groups is 1. The first-order chi connectivity index (χ1) is 5.22. The van der Waals surface area contributed by atoms with E-state index in [4.69, 9.17) is 9.52 Å². The molecule has 11 heavy (non-hydrogen) atoms. The van der Waals surface area contributed by atoms with Crippen LogP contribution in [0.5, 0.6) is 0 Å². The normalized spacial score (nSPS) is 9.91. The molecule has 0 bridgehead atoms. The molecule has 1 N–H and O–H groups in total. The third-order valence-electron chi connectivity index (χ3n) is 1.20. The van der Waals surface area contributed by atoms with Crippen molar-refractivity contribution in [2.24, 2.45) is 0 Å². The summed E-state index contributed by atoms with van der Waals surface area (Å²) in [5.41, 5.74) is 0. The number of hydrogen-bond acceptors (Lipinski definition) is 3. The van der Waals surface area contributed by atoms with Crippen LogP contribution >= 0.6 is 12.6 Å². The fourth-order valence-electron chi connectivity index (χ4n) is 0.751. The van der Waals surface area contributed by atoms with E-state index in [1.165, 1.54) is 0 Å². The molecule has 0 atom stereocenters. The van der Waals surface area contributed by atoms with Gasteiger partial charge < -0.3 is 9.52 Å². The summed E-state index contributed by atoms with van der Waals surface area (Å²) in [5.74, 6) is 0.788. The summed E-state index contributed by atoms with van der Waals surface area (Å²) < 4.78 is 5.09. The van der Waals surface area contributed by atoms with Gasteiger partial charge in [0.05, 0.1) is 0 Å². The van der Waals surface area contributed by atoms with Gasteiger partial charge in [0, 0.05) is 5.75 Å². The number of carboxylic acids is 1. The largest absolute Gasteiger partial charge is 0.481 e. The number of aliphatic carboxylic acids is 1. The predicted molar refractivity (Wildman–Crippen MR) is 42.7 cm³/mol. The Bertz CT molecular complexity index is 254.